The number of rotatable bonds is 3. The molecule has 0 radical (unpaired) electrons. The first-order chi connectivity index (χ1) is 7.33. The van der Waals surface area contributed by atoms with E-state index in [9.17, 15) is 18.3 Å². The third-order valence-corrected chi connectivity index (χ3v) is 3.16. The van der Waals surface area contributed by atoms with E-state index >= 15 is 0 Å². The molecule has 8 heteroatoms. The van der Waals surface area contributed by atoms with E-state index in [0.717, 1.165) is 6.07 Å². The van der Waals surface area contributed by atoms with Crippen LogP contribution < -0.4 is 16.0 Å². The molecule has 1 aromatic carbocycles. The van der Waals surface area contributed by atoms with Crippen LogP contribution in [0.3, 0.4) is 0 Å². The average molecular weight is 245 g/mol. The minimum atomic E-state index is -3.93. The lowest BCUT2D eigenvalue weighted by Gasteiger charge is -2.09. The van der Waals surface area contributed by atoms with Crippen molar-refractivity contribution in [3.8, 4) is 5.75 Å². The first kappa shape index (κ1) is 12.3. The minimum absolute atomic E-state index is 0.138. The van der Waals surface area contributed by atoms with Gasteiger partial charge in [-0.1, -0.05) is 6.07 Å². The van der Waals surface area contributed by atoms with Gasteiger partial charge in [-0.2, -0.15) is 0 Å². The zero-order chi connectivity index (χ0) is 12.3. The van der Waals surface area contributed by atoms with Crippen molar-refractivity contribution in [1.29, 1.82) is 0 Å². The van der Waals surface area contributed by atoms with Crippen LogP contribution in [-0.2, 0) is 10.0 Å². The Hall–Kier alpha value is -1.80. The molecule has 1 rings (SSSR count). The standard InChI is InChI=1S/C8H11N3O4S/c1-5-2-3-6(12)4-7(5)16(14,15)11-10-8(9)13/h2-4,11-12H,1H3,(H3,9,10,13). The number of amides is 2. The molecular weight excluding hydrogens is 234 g/mol. The van der Waals surface area contributed by atoms with Crippen LogP contribution in [0.5, 0.6) is 5.75 Å². The van der Waals surface area contributed by atoms with E-state index in [1.54, 1.807) is 17.2 Å². The fourth-order valence-electron chi connectivity index (χ4n) is 1.05. The molecule has 88 valence electrons. The van der Waals surface area contributed by atoms with Crippen LogP contribution >= 0.6 is 0 Å². The van der Waals surface area contributed by atoms with E-state index in [2.05, 4.69) is 0 Å². The Balaban J connectivity index is 3.07. The normalized spacial score (nSPS) is 11.1. The number of hydrazine groups is 1. The molecule has 5 N–H and O–H groups in total. The number of hydrogen-bond acceptors (Lipinski definition) is 4. The number of aryl methyl sites for hydroxylation is 1. The summed E-state index contributed by atoms with van der Waals surface area (Å²) in [6.07, 6.45) is 0. The van der Waals surface area contributed by atoms with Crippen LogP contribution in [0.4, 0.5) is 4.79 Å². The van der Waals surface area contributed by atoms with Crippen molar-refractivity contribution >= 4 is 16.1 Å². The zero-order valence-electron chi connectivity index (χ0n) is 8.39. The second kappa shape index (κ2) is 4.37. The summed E-state index contributed by atoms with van der Waals surface area (Å²) in [5.41, 5.74) is 6.90. The number of nitrogens with one attached hydrogen (secondary N) is 2. The monoisotopic (exact) mass is 245 g/mol. The predicted octanol–water partition coefficient (Wildman–Crippen LogP) is -0.438. The number of carbonyl (C=O) groups is 1. The Morgan fingerprint density at radius 2 is 2.06 bits per heavy atom. The summed E-state index contributed by atoms with van der Waals surface area (Å²) in [4.78, 5) is 12.0. The van der Waals surface area contributed by atoms with Gasteiger partial charge in [0, 0.05) is 6.07 Å². The number of urea groups is 1. The molecule has 2 amide bonds. The van der Waals surface area contributed by atoms with E-state index in [0.29, 0.717) is 5.56 Å². The summed E-state index contributed by atoms with van der Waals surface area (Å²) in [5, 5.41) is 9.17. The summed E-state index contributed by atoms with van der Waals surface area (Å²) in [6, 6.07) is 2.84. The number of phenolic OH excluding ortho intramolecular Hbond substituents is 1. The Morgan fingerprint density at radius 3 is 2.62 bits per heavy atom. The summed E-state index contributed by atoms with van der Waals surface area (Å²) < 4.78 is 23.2. The van der Waals surface area contributed by atoms with Crippen molar-refractivity contribution in [2.45, 2.75) is 11.8 Å². The maximum atomic E-state index is 11.6. The van der Waals surface area contributed by atoms with Crippen molar-refractivity contribution in [1.82, 2.24) is 10.3 Å². The molecule has 0 saturated heterocycles. The van der Waals surface area contributed by atoms with Gasteiger partial charge >= 0.3 is 6.03 Å². The van der Waals surface area contributed by atoms with Gasteiger partial charge in [-0.3, -0.25) is 5.43 Å². The summed E-state index contributed by atoms with van der Waals surface area (Å²) >= 11 is 0. The molecule has 0 atom stereocenters. The van der Waals surface area contributed by atoms with Crippen molar-refractivity contribution in [3.05, 3.63) is 23.8 Å². The molecule has 7 nitrogen and oxygen atoms in total. The maximum Gasteiger partial charge on any atom is 0.327 e. The number of aromatic hydroxyl groups is 1. The molecule has 0 aromatic heterocycles. The second-order valence-corrected chi connectivity index (χ2v) is 4.70. The third kappa shape index (κ3) is 2.84. The van der Waals surface area contributed by atoms with Crippen LogP contribution in [0.1, 0.15) is 5.56 Å². The summed E-state index contributed by atoms with van der Waals surface area (Å²) in [7, 11) is -3.93. The third-order valence-electron chi connectivity index (χ3n) is 1.77. The van der Waals surface area contributed by atoms with Gasteiger partial charge in [0.1, 0.15) is 5.75 Å². The first-order valence-corrected chi connectivity index (χ1v) is 5.68. The van der Waals surface area contributed by atoms with Gasteiger partial charge in [-0.25, -0.2) is 13.2 Å². The Bertz CT molecular complexity index is 512. The Labute approximate surface area is 92.3 Å². The van der Waals surface area contributed by atoms with Gasteiger partial charge in [0.05, 0.1) is 4.90 Å². The molecule has 16 heavy (non-hydrogen) atoms. The highest BCUT2D eigenvalue weighted by Gasteiger charge is 2.17. The SMILES string of the molecule is Cc1ccc(O)cc1S(=O)(=O)NNC(N)=O. The lowest BCUT2D eigenvalue weighted by atomic mass is 10.2. The number of primary amides is 1. The largest absolute Gasteiger partial charge is 0.508 e. The average Bonchev–Trinajstić information content (AvgIpc) is 2.19. The van der Waals surface area contributed by atoms with Gasteiger partial charge in [0.25, 0.3) is 10.0 Å². The topological polar surface area (TPSA) is 122 Å². The number of sulfonamides is 1. The van der Waals surface area contributed by atoms with Crippen LogP contribution in [-0.4, -0.2) is 19.6 Å². The van der Waals surface area contributed by atoms with E-state index in [-0.39, 0.29) is 10.6 Å². The fraction of sp³-hybridized carbons (Fsp3) is 0.125. The highest BCUT2D eigenvalue weighted by Crippen LogP contribution is 2.19. The van der Waals surface area contributed by atoms with Gasteiger partial charge in [0.15, 0.2) is 0 Å². The highest BCUT2D eigenvalue weighted by atomic mass is 32.2. The second-order valence-electron chi connectivity index (χ2n) is 3.04. The van der Waals surface area contributed by atoms with Gasteiger partial charge < -0.3 is 10.8 Å². The molecule has 0 fully saturated rings. The molecule has 0 bridgehead atoms. The van der Waals surface area contributed by atoms with Gasteiger partial charge in [-0.15, -0.1) is 4.83 Å². The molecule has 0 aliphatic heterocycles. The lowest BCUT2D eigenvalue weighted by Crippen LogP contribution is -2.44. The fourth-order valence-corrected chi connectivity index (χ4v) is 2.16. The smallest absolute Gasteiger partial charge is 0.327 e. The molecule has 0 spiro atoms. The first-order valence-electron chi connectivity index (χ1n) is 4.20. The molecule has 0 heterocycles. The van der Waals surface area contributed by atoms with Crippen molar-refractivity contribution in [3.63, 3.8) is 0 Å². The van der Waals surface area contributed by atoms with E-state index < -0.39 is 16.1 Å². The summed E-state index contributed by atoms with van der Waals surface area (Å²) in [6.45, 7) is 1.55. The molecule has 1 aromatic rings. The molecular formula is C8H11N3O4S. The van der Waals surface area contributed by atoms with Crippen molar-refractivity contribution in [2.24, 2.45) is 5.73 Å². The lowest BCUT2D eigenvalue weighted by molar-refractivity contribution is 0.247. The Kier molecular flexibility index (Phi) is 3.35. The number of hydrogen-bond donors (Lipinski definition) is 4. The molecule has 0 unspecified atom stereocenters. The minimum Gasteiger partial charge on any atom is -0.508 e. The zero-order valence-corrected chi connectivity index (χ0v) is 9.21. The van der Waals surface area contributed by atoms with Crippen molar-refractivity contribution < 1.29 is 18.3 Å². The van der Waals surface area contributed by atoms with E-state index in [1.165, 1.54) is 12.1 Å². The predicted molar refractivity (Wildman–Crippen MR) is 55.9 cm³/mol. The maximum absolute atomic E-state index is 11.6. The van der Waals surface area contributed by atoms with Crippen LogP contribution in [0, 0.1) is 6.92 Å². The van der Waals surface area contributed by atoms with Crippen LogP contribution in [0.15, 0.2) is 23.1 Å². The number of phenols is 1. The molecule has 0 saturated carbocycles. The van der Waals surface area contributed by atoms with Crippen molar-refractivity contribution in [2.75, 3.05) is 0 Å². The number of nitrogens with two attached hydrogens (primary N) is 1. The van der Waals surface area contributed by atoms with E-state index in [1.807, 2.05) is 0 Å². The number of carbonyl (C=O) groups excluding carboxylic acids is 1. The summed E-state index contributed by atoms with van der Waals surface area (Å²) in [5.74, 6) is -0.190. The number of benzene rings is 1. The Morgan fingerprint density at radius 1 is 1.44 bits per heavy atom. The van der Waals surface area contributed by atoms with Gasteiger partial charge in [-0.05, 0) is 18.6 Å². The van der Waals surface area contributed by atoms with E-state index in [4.69, 9.17) is 5.73 Å². The van der Waals surface area contributed by atoms with Crippen LogP contribution in [0.2, 0.25) is 0 Å². The highest BCUT2D eigenvalue weighted by molar-refractivity contribution is 7.89. The van der Waals surface area contributed by atoms with Gasteiger partial charge in [0.2, 0.25) is 0 Å². The molecule has 0 aliphatic carbocycles. The van der Waals surface area contributed by atoms with Crippen LogP contribution in [0.25, 0.3) is 0 Å². The quantitative estimate of drug-likeness (QED) is 0.539. The molecule has 0 aliphatic rings.